The van der Waals surface area contributed by atoms with Crippen LogP contribution in [0.4, 0.5) is 5.69 Å². The number of allylic oxidation sites excluding steroid dienone is 3. The highest BCUT2D eigenvalue weighted by Gasteiger charge is 2.09. The first kappa shape index (κ1) is 20.5. The first-order chi connectivity index (χ1) is 11.5. The lowest BCUT2D eigenvalue weighted by Crippen LogP contribution is -2.26. The molecule has 0 heterocycles. The Kier molecular flexibility index (Phi) is 9.52. The molecule has 0 fully saturated rings. The van der Waals surface area contributed by atoms with Crippen molar-refractivity contribution in [2.24, 2.45) is 11.8 Å². The van der Waals surface area contributed by atoms with E-state index in [0.717, 1.165) is 25.4 Å². The maximum atomic E-state index is 3.91. The predicted molar refractivity (Wildman–Crippen MR) is 111 cm³/mol. The maximum absolute atomic E-state index is 3.91. The topological polar surface area (TPSA) is 3.24 Å². The standard InChI is InChI=1S/C23H37N/c1-7-16-24(17-15-19(5)8-2)23-13-11-22(12-14-23)21(10-4)18-20(6)9-3/h9-14,19-20H,3,7-8,15-18H2,1-2,4-6H3/b21-10+. The SMILES string of the molecule is C=CC(C)C/C(=C\C)c1ccc(N(CCC)CCC(C)CC)cc1. The molecule has 2 atom stereocenters. The minimum atomic E-state index is 0.517. The molecule has 1 nitrogen and oxygen atoms in total. The molecule has 0 radical (unpaired) electrons. The van der Waals surface area contributed by atoms with Crippen LogP contribution in [0.5, 0.6) is 0 Å². The van der Waals surface area contributed by atoms with Gasteiger partial charge in [0.05, 0.1) is 0 Å². The highest BCUT2D eigenvalue weighted by molar-refractivity contribution is 5.67. The van der Waals surface area contributed by atoms with E-state index in [2.05, 4.69) is 76.4 Å². The van der Waals surface area contributed by atoms with Crippen LogP contribution < -0.4 is 4.90 Å². The van der Waals surface area contributed by atoms with Crippen molar-refractivity contribution in [2.75, 3.05) is 18.0 Å². The number of nitrogens with zero attached hydrogens (tertiary/aromatic N) is 1. The van der Waals surface area contributed by atoms with Gasteiger partial charge >= 0.3 is 0 Å². The number of rotatable bonds is 11. The van der Waals surface area contributed by atoms with Crippen LogP contribution in [0.2, 0.25) is 0 Å². The Morgan fingerprint density at radius 2 is 1.79 bits per heavy atom. The van der Waals surface area contributed by atoms with Gasteiger partial charge in [0.25, 0.3) is 0 Å². The fourth-order valence-electron chi connectivity index (χ4n) is 2.94. The van der Waals surface area contributed by atoms with E-state index in [1.165, 1.54) is 36.1 Å². The molecule has 0 amide bonds. The smallest absolute Gasteiger partial charge is 0.0366 e. The van der Waals surface area contributed by atoms with Crippen LogP contribution in [-0.2, 0) is 0 Å². The average Bonchev–Trinajstić information content (AvgIpc) is 2.62. The van der Waals surface area contributed by atoms with Gasteiger partial charge in [-0.15, -0.1) is 6.58 Å². The third-order valence-corrected chi connectivity index (χ3v) is 4.98. The van der Waals surface area contributed by atoms with Crippen molar-refractivity contribution in [2.45, 2.75) is 60.3 Å². The molecule has 0 aromatic heterocycles. The van der Waals surface area contributed by atoms with Gasteiger partial charge in [0.1, 0.15) is 0 Å². The Morgan fingerprint density at radius 3 is 2.29 bits per heavy atom. The second-order valence-electron chi connectivity index (χ2n) is 7.07. The minimum absolute atomic E-state index is 0.517. The summed E-state index contributed by atoms with van der Waals surface area (Å²) in [6.07, 6.45) is 9.07. The quantitative estimate of drug-likeness (QED) is 0.397. The summed E-state index contributed by atoms with van der Waals surface area (Å²) < 4.78 is 0. The Bertz CT molecular complexity index is 497. The molecular weight excluding hydrogens is 290 g/mol. The maximum Gasteiger partial charge on any atom is 0.0366 e. The van der Waals surface area contributed by atoms with E-state index in [9.17, 15) is 0 Å². The molecule has 0 saturated carbocycles. The summed E-state index contributed by atoms with van der Waals surface area (Å²) in [6.45, 7) is 17.5. The van der Waals surface area contributed by atoms with Gasteiger partial charge in [0, 0.05) is 18.8 Å². The molecule has 0 aliphatic heterocycles. The first-order valence-electron chi connectivity index (χ1n) is 9.68. The van der Waals surface area contributed by atoms with Crippen LogP contribution in [0, 0.1) is 11.8 Å². The Labute approximate surface area is 150 Å². The van der Waals surface area contributed by atoms with E-state index in [1.54, 1.807) is 0 Å². The number of hydrogen-bond donors (Lipinski definition) is 0. The summed E-state index contributed by atoms with van der Waals surface area (Å²) >= 11 is 0. The average molecular weight is 328 g/mol. The lowest BCUT2D eigenvalue weighted by atomic mass is 9.95. The van der Waals surface area contributed by atoms with Crippen molar-refractivity contribution < 1.29 is 0 Å². The molecule has 1 rings (SSSR count). The summed E-state index contributed by atoms with van der Waals surface area (Å²) in [7, 11) is 0. The van der Waals surface area contributed by atoms with Crippen molar-refractivity contribution in [3.63, 3.8) is 0 Å². The van der Waals surface area contributed by atoms with E-state index >= 15 is 0 Å². The zero-order valence-corrected chi connectivity index (χ0v) is 16.5. The van der Waals surface area contributed by atoms with Crippen LogP contribution in [0.25, 0.3) is 5.57 Å². The zero-order chi connectivity index (χ0) is 17.9. The summed E-state index contributed by atoms with van der Waals surface area (Å²) in [6, 6.07) is 9.16. The molecule has 1 aromatic rings. The minimum Gasteiger partial charge on any atom is -0.372 e. The van der Waals surface area contributed by atoms with Crippen LogP contribution in [-0.4, -0.2) is 13.1 Å². The molecule has 24 heavy (non-hydrogen) atoms. The molecule has 0 saturated heterocycles. The van der Waals surface area contributed by atoms with Gasteiger partial charge in [-0.25, -0.2) is 0 Å². The van der Waals surface area contributed by atoms with E-state index in [0.29, 0.717) is 5.92 Å². The fraction of sp³-hybridized carbons (Fsp3) is 0.565. The predicted octanol–water partition coefficient (Wildman–Crippen LogP) is 6.95. The number of hydrogen-bond acceptors (Lipinski definition) is 1. The van der Waals surface area contributed by atoms with Crippen molar-refractivity contribution in [1.82, 2.24) is 0 Å². The number of benzene rings is 1. The van der Waals surface area contributed by atoms with Crippen LogP contribution >= 0.6 is 0 Å². The van der Waals surface area contributed by atoms with Crippen LogP contribution in [0.1, 0.15) is 65.9 Å². The lowest BCUT2D eigenvalue weighted by Gasteiger charge is -2.26. The van der Waals surface area contributed by atoms with Gasteiger partial charge in [-0.2, -0.15) is 0 Å². The van der Waals surface area contributed by atoms with Gasteiger partial charge in [-0.05, 0) is 61.3 Å². The first-order valence-corrected chi connectivity index (χ1v) is 9.68. The summed E-state index contributed by atoms with van der Waals surface area (Å²) in [4.78, 5) is 2.54. The summed E-state index contributed by atoms with van der Waals surface area (Å²) in [5.41, 5.74) is 4.11. The molecule has 0 bridgehead atoms. The van der Waals surface area contributed by atoms with Gasteiger partial charge in [-0.3, -0.25) is 0 Å². The molecule has 0 aliphatic carbocycles. The monoisotopic (exact) mass is 327 g/mol. The van der Waals surface area contributed by atoms with E-state index in [1.807, 2.05) is 6.08 Å². The third kappa shape index (κ3) is 6.55. The van der Waals surface area contributed by atoms with Crippen molar-refractivity contribution in [3.8, 4) is 0 Å². The molecule has 0 aliphatic rings. The molecule has 134 valence electrons. The summed E-state index contributed by atoms with van der Waals surface area (Å²) in [5, 5.41) is 0. The molecule has 0 N–H and O–H groups in total. The largest absolute Gasteiger partial charge is 0.372 e. The Balaban J connectivity index is 2.83. The second kappa shape index (κ2) is 11.1. The molecule has 1 aromatic carbocycles. The van der Waals surface area contributed by atoms with Gasteiger partial charge in [0.15, 0.2) is 0 Å². The lowest BCUT2D eigenvalue weighted by molar-refractivity contribution is 0.510. The van der Waals surface area contributed by atoms with E-state index < -0.39 is 0 Å². The molecule has 1 heteroatoms. The van der Waals surface area contributed by atoms with Crippen molar-refractivity contribution in [3.05, 3.63) is 48.6 Å². The molecule has 0 spiro atoms. The van der Waals surface area contributed by atoms with Crippen molar-refractivity contribution in [1.29, 1.82) is 0 Å². The van der Waals surface area contributed by atoms with E-state index in [-0.39, 0.29) is 0 Å². The van der Waals surface area contributed by atoms with Crippen LogP contribution in [0.3, 0.4) is 0 Å². The molecular formula is C23H37N. The zero-order valence-electron chi connectivity index (χ0n) is 16.5. The Hall–Kier alpha value is -1.50. The van der Waals surface area contributed by atoms with Crippen molar-refractivity contribution >= 4 is 11.3 Å². The fourth-order valence-corrected chi connectivity index (χ4v) is 2.94. The second-order valence-corrected chi connectivity index (χ2v) is 7.07. The van der Waals surface area contributed by atoms with Gasteiger partial charge in [0.2, 0.25) is 0 Å². The van der Waals surface area contributed by atoms with Gasteiger partial charge < -0.3 is 4.90 Å². The number of anilines is 1. The Morgan fingerprint density at radius 1 is 1.12 bits per heavy atom. The normalized spacial score (nSPS) is 14.3. The van der Waals surface area contributed by atoms with Crippen LogP contribution in [0.15, 0.2) is 43.0 Å². The highest BCUT2D eigenvalue weighted by Crippen LogP contribution is 2.26. The third-order valence-electron chi connectivity index (χ3n) is 4.98. The summed E-state index contributed by atoms with van der Waals surface area (Å²) in [5.74, 6) is 1.32. The highest BCUT2D eigenvalue weighted by atomic mass is 15.1. The van der Waals surface area contributed by atoms with Gasteiger partial charge in [-0.1, -0.05) is 58.4 Å². The molecule has 2 unspecified atom stereocenters. The van der Waals surface area contributed by atoms with E-state index in [4.69, 9.17) is 0 Å².